The number of benzene rings is 1. The third-order valence-corrected chi connectivity index (χ3v) is 5.56. The Balaban J connectivity index is 1.99. The molecule has 1 aliphatic heterocycles. The largest absolute Gasteiger partial charge is 0.342 e. The molecule has 0 unspecified atom stereocenters. The number of sulfonamides is 1. The maximum absolute atomic E-state index is 12.3. The van der Waals surface area contributed by atoms with E-state index in [1.807, 2.05) is 13.8 Å². The molecular weight excluding hydrogens is 300 g/mol. The number of amides is 1. The van der Waals surface area contributed by atoms with Gasteiger partial charge in [-0.15, -0.1) is 0 Å². The Morgan fingerprint density at radius 2 is 1.73 bits per heavy atom. The van der Waals surface area contributed by atoms with Gasteiger partial charge in [0.25, 0.3) is 0 Å². The first-order chi connectivity index (χ1) is 10.4. The number of carbonyl (C=O) groups excluding carboxylic acids is 1. The average molecular weight is 324 g/mol. The second kappa shape index (κ2) is 7.24. The first kappa shape index (κ1) is 17.0. The fourth-order valence-electron chi connectivity index (χ4n) is 2.55. The standard InChI is InChI=1S/C16H24N2O3S/c1-13-7-8-15(11-14(13)2)22(20,21)17-12-16(19)18-9-5-3-4-6-10-18/h7-8,11,17H,3-6,9-10,12H2,1-2H3. The van der Waals surface area contributed by atoms with Crippen molar-refractivity contribution in [3.8, 4) is 0 Å². The first-order valence-corrected chi connectivity index (χ1v) is 9.23. The highest BCUT2D eigenvalue weighted by molar-refractivity contribution is 7.89. The molecule has 1 N–H and O–H groups in total. The summed E-state index contributed by atoms with van der Waals surface area (Å²) in [6.45, 7) is 5.09. The highest BCUT2D eigenvalue weighted by Crippen LogP contribution is 2.15. The average Bonchev–Trinajstić information content (AvgIpc) is 2.76. The molecule has 2 rings (SSSR count). The third-order valence-electron chi connectivity index (χ3n) is 4.16. The quantitative estimate of drug-likeness (QED) is 0.921. The van der Waals surface area contributed by atoms with E-state index in [1.54, 1.807) is 23.1 Å². The number of aryl methyl sites for hydroxylation is 2. The van der Waals surface area contributed by atoms with E-state index in [0.29, 0.717) is 0 Å². The summed E-state index contributed by atoms with van der Waals surface area (Å²) in [7, 11) is -3.64. The van der Waals surface area contributed by atoms with E-state index < -0.39 is 10.0 Å². The van der Waals surface area contributed by atoms with Crippen molar-refractivity contribution in [3.63, 3.8) is 0 Å². The van der Waals surface area contributed by atoms with Gasteiger partial charge in [-0.05, 0) is 49.9 Å². The van der Waals surface area contributed by atoms with Crippen molar-refractivity contribution in [2.75, 3.05) is 19.6 Å². The second-order valence-corrected chi connectivity index (χ2v) is 7.63. The summed E-state index contributed by atoms with van der Waals surface area (Å²) in [4.78, 5) is 14.1. The van der Waals surface area contributed by atoms with Crippen molar-refractivity contribution in [1.29, 1.82) is 0 Å². The van der Waals surface area contributed by atoms with Gasteiger partial charge in [-0.1, -0.05) is 18.9 Å². The SMILES string of the molecule is Cc1ccc(S(=O)(=O)NCC(=O)N2CCCCCC2)cc1C. The van der Waals surface area contributed by atoms with Crippen LogP contribution in [0.25, 0.3) is 0 Å². The van der Waals surface area contributed by atoms with Gasteiger partial charge in [0.05, 0.1) is 11.4 Å². The molecule has 1 aromatic carbocycles. The summed E-state index contributed by atoms with van der Waals surface area (Å²) in [6.07, 6.45) is 4.27. The molecule has 1 aromatic rings. The Kier molecular flexibility index (Phi) is 5.58. The van der Waals surface area contributed by atoms with E-state index in [-0.39, 0.29) is 17.3 Å². The van der Waals surface area contributed by atoms with Crippen molar-refractivity contribution in [2.24, 2.45) is 0 Å². The molecule has 0 atom stereocenters. The Morgan fingerprint density at radius 1 is 1.09 bits per heavy atom. The van der Waals surface area contributed by atoms with Gasteiger partial charge in [0.1, 0.15) is 0 Å². The zero-order valence-corrected chi connectivity index (χ0v) is 14.1. The maximum atomic E-state index is 12.3. The molecular formula is C16H24N2O3S. The molecule has 0 spiro atoms. The van der Waals surface area contributed by atoms with Crippen molar-refractivity contribution < 1.29 is 13.2 Å². The van der Waals surface area contributed by atoms with Crippen LogP contribution < -0.4 is 4.72 Å². The zero-order chi connectivity index (χ0) is 16.2. The molecule has 1 fully saturated rings. The highest BCUT2D eigenvalue weighted by atomic mass is 32.2. The van der Waals surface area contributed by atoms with E-state index >= 15 is 0 Å². The number of hydrogen-bond donors (Lipinski definition) is 1. The number of hydrogen-bond acceptors (Lipinski definition) is 3. The van der Waals surface area contributed by atoms with Crippen LogP contribution in [0, 0.1) is 13.8 Å². The third kappa shape index (κ3) is 4.30. The van der Waals surface area contributed by atoms with Crippen LogP contribution in [0.4, 0.5) is 0 Å². The molecule has 0 radical (unpaired) electrons. The van der Waals surface area contributed by atoms with Crippen LogP contribution in [0.3, 0.4) is 0 Å². The number of nitrogens with one attached hydrogen (secondary N) is 1. The van der Waals surface area contributed by atoms with E-state index in [9.17, 15) is 13.2 Å². The van der Waals surface area contributed by atoms with Gasteiger partial charge in [0, 0.05) is 13.1 Å². The summed E-state index contributed by atoms with van der Waals surface area (Å²) in [5, 5.41) is 0. The summed E-state index contributed by atoms with van der Waals surface area (Å²) in [5.41, 5.74) is 1.96. The smallest absolute Gasteiger partial charge is 0.241 e. The number of nitrogens with zero attached hydrogens (tertiary/aromatic N) is 1. The second-order valence-electron chi connectivity index (χ2n) is 5.87. The van der Waals surface area contributed by atoms with Gasteiger partial charge in [0.15, 0.2) is 0 Å². The topological polar surface area (TPSA) is 66.5 Å². The lowest BCUT2D eigenvalue weighted by atomic mass is 10.1. The zero-order valence-electron chi connectivity index (χ0n) is 13.3. The van der Waals surface area contributed by atoms with Crippen molar-refractivity contribution >= 4 is 15.9 Å². The molecule has 0 saturated carbocycles. The van der Waals surface area contributed by atoms with Crippen LogP contribution in [0.15, 0.2) is 23.1 Å². The fraction of sp³-hybridized carbons (Fsp3) is 0.562. The first-order valence-electron chi connectivity index (χ1n) is 7.75. The van der Waals surface area contributed by atoms with Gasteiger partial charge in [-0.2, -0.15) is 0 Å². The van der Waals surface area contributed by atoms with Gasteiger partial charge >= 0.3 is 0 Å². The van der Waals surface area contributed by atoms with Gasteiger partial charge in [-0.25, -0.2) is 13.1 Å². The molecule has 1 amide bonds. The van der Waals surface area contributed by atoms with Gasteiger partial charge in [-0.3, -0.25) is 4.79 Å². The molecule has 0 bridgehead atoms. The van der Waals surface area contributed by atoms with Crippen LogP contribution in [0.2, 0.25) is 0 Å². The summed E-state index contributed by atoms with van der Waals surface area (Å²) >= 11 is 0. The monoisotopic (exact) mass is 324 g/mol. The normalized spacial score (nSPS) is 16.4. The minimum Gasteiger partial charge on any atom is -0.342 e. The van der Waals surface area contributed by atoms with Crippen molar-refractivity contribution in [1.82, 2.24) is 9.62 Å². The molecule has 5 nitrogen and oxygen atoms in total. The molecule has 0 aromatic heterocycles. The number of carbonyl (C=O) groups is 1. The summed E-state index contributed by atoms with van der Waals surface area (Å²) in [5.74, 6) is -0.144. The minimum atomic E-state index is -3.64. The van der Waals surface area contributed by atoms with Gasteiger partial charge < -0.3 is 4.90 Å². The number of likely N-dealkylation sites (tertiary alicyclic amines) is 1. The minimum absolute atomic E-state index is 0.144. The molecule has 6 heteroatoms. The number of rotatable bonds is 4. The van der Waals surface area contributed by atoms with Gasteiger partial charge in [0.2, 0.25) is 15.9 Å². The molecule has 22 heavy (non-hydrogen) atoms. The van der Waals surface area contributed by atoms with E-state index in [4.69, 9.17) is 0 Å². The Bertz CT molecular complexity index is 633. The maximum Gasteiger partial charge on any atom is 0.241 e. The highest BCUT2D eigenvalue weighted by Gasteiger charge is 2.20. The lowest BCUT2D eigenvalue weighted by Crippen LogP contribution is -2.40. The van der Waals surface area contributed by atoms with E-state index in [1.165, 1.54) is 0 Å². The fourth-order valence-corrected chi connectivity index (χ4v) is 3.61. The Hall–Kier alpha value is -1.40. The van der Waals surface area contributed by atoms with E-state index in [2.05, 4.69) is 4.72 Å². The molecule has 1 aliphatic rings. The van der Waals surface area contributed by atoms with Crippen LogP contribution in [0.5, 0.6) is 0 Å². The molecule has 1 saturated heterocycles. The van der Waals surface area contributed by atoms with Crippen LogP contribution in [-0.2, 0) is 14.8 Å². The lowest BCUT2D eigenvalue weighted by Gasteiger charge is -2.20. The predicted octanol–water partition coefficient (Wildman–Crippen LogP) is 1.98. The lowest BCUT2D eigenvalue weighted by molar-refractivity contribution is -0.129. The van der Waals surface area contributed by atoms with Crippen LogP contribution in [-0.4, -0.2) is 38.9 Å². The van der Waals surface area contributed by atoms with Crippen molar-refractivity contribution in [2.45, 2.75) is 44.4 Å². The summed E-state index contributed by atoms with van der Waals surface area (Å²) in [6, 6.07) is 4.98. The van der Waals surface area contributed by atoms with Crippen LogP contribution >= 0.6 is 0 Å². The van der Waals surface area contributed by atoms with E-state index in [0.717, 1.165) is 49.9 Å². The molecule has 0 aliphatic carbocycles. The Morgan fingerprint density at radius 3 is 2.32 bits per heavy atom. The summed E-state index contributed by atoms with van der Waals surface area (Å²) < 4.78 is 27.0. The Labute approximate surface area is 132 Å². The molecule has 122 valence electrons. The van der Waals surface area contributed by atoms with Crippen molar-refractivity contribution in [3.05, 3.63) is 29.3 Å². The van der Waals surface area contributed by atoms with Crippen LogP contribution in [0.1, 0.15) is 36.8 Å². The molecule has 1 heterocycles. The predicted molar refractivity (Wildman–Crippen MR) is 86.2 cm³/mol.